The molecule has 0 spiro atoms. The second-order valence-electron chi connectivity index (χ2n) is 4.09. The second kappa shape index (κ2) is 4.02. The quantitative estimate of drug-likeness (QED) is 0.648. The lowest BCUT2D eigenvalue weighted by Gasteiger charge is -2.36. The van der Waals surface area contributed by atoms with Gasteiger partial charge in [0.25, 0.3) is 0 Å². The standard InChI is InChI=1S/C10H16N4O/c11-10(3-1-4-10)9(15)13-5-2-8-6-12-7-14-8/h6-7H,1-5,11H2,(H,12,14)(H,13,15). The van der Waals surface area contributed by atoms with Crippen molar-refractivity contribution >= 4 is 5.91 Å². The van der Waals surface area contributed by atoms with Gasteiger partial charge in [0.05, 0.1) is 11.9 Å². The van der Waals surface area contributed by atoms with Crippen LogP contribution in [0.25, 0.3) is 0 Å². The van der Waals surface area contributed by atoms with Gasteiger partial charge in [0.15, 0.2) is 0 Å². The Bertz CT molecular complexity index is 329. The van der Waals surface area contributed by atoms with Gasteiger partial charge in [0, 0.05) is 24.9 Å². The van der Waals surface area contributed by atoms with E-state index in [-0.39, 0.29) is 5.91 Å². The van der Waals surface area contributed by atoms with Crippen LogP contribution < -0.4 is 11.1 Å². The molecule has 1 aromatic rings. The Hall–Kier alpha value is -1.36. The minimum absolute atomic E-state index is 0.0201. The van der Waals surface area contributed by atoms with Crippen LogP contribution in [0.4, 0.5) is 0 Å². The van der Waals surface area contributed by atoms with Crippen molar-refractivity contribution in [1.29, 1.82) is 0 Å². The molecule has 82 valence electrons. The van der Waals surface area contributed by atoms with Crippen LogP contribution in [0.5, 0.6) is 0 Å². The number of imidazole rings is 1. The lowest BCUT2D eigenvalue weighted by Crippen LogP contribution is -2.58. The summed E-state index contributed by atoms with van der Waals surface area (Å²) < 4.78 is 0. The Kier molecular flexibility index (Phi) is 2.73. The van der Waals surface area contributed by atoms with Gasteiger partial charge in [0.1, 0.15) is 0 Å². The molecular formula is C10H16N4O. The molecule has 2 rings (SSSR count). The molecule has 1 aliphatic rings. The molecule has 1 fully saturated rings. The number of nitrogens with two attached hydrogens (primary N) is 1. The van der Waals surface area contributed by atoms with Crippen LogP contribution >= 0.6 is 0 Å². The number of carbonyl (C=O) groups excluding carboxylic acids is 1. The molecule has 0 aliphatic heterocycles. The SMILES string of the molecule is NC1(C(=O)NCCc2cnc[nH]2)CCC1. The van der Waals surface area contributed by atoms with Gasteiger partial charge in [-0.2, -0.15) is 0 Å². The van der Waals surface area contributed by atoms with E-state index in [0.29, 0.717) is 6.54 Å². The van der Waals surface area contributed by atoms with Gasteiger partial charge in [0.2, 0.25) is 5.91 Å². The molecule has 1 aromatic heterocycles. The summed E-state index contributed by atoms with van der Waals surface area (Å²) in [5.74, 6) is -0.0201. The van der Waals surface area contributed by atoms with E-state index in [4.69, 9.17) is 5.73 Å². The number of nitrogens with one attached hydrogen (secondary N) is 2. The van der Waals surface area contributed by atoms with E-state index in [0.717, 1.165) is 31.4 Å². The van der Waals surface area contributed by atoms with Crippen LogP contribution in [0.2, 0.25) is 0 Å². The van der Waals surface area contributed by atoms with Crippen molar-refractivity contribution in [1.82, 2.24) is 15.3 Å². The van der Waals surface area contributed by atoms with E-state index >= 15 is 0 Å². The van der Waals surface area contributed by atoms with Gasteiger partial charge < -0.3 is 16.0 Å². The van der Waals surface area contributed by atoms with E-state index < -0.39 is 5.54 Å². The maximum absolute atomic E-state index is 11.6. The molecule has 5 nitrogen and oxygen atoms in total. The maximum atomic E-state index is 11.6. The van der Waals surface area contributed by atoms with Crippen LogP contribution in [-0.4, -0.2) is 28.0 Å². The average Bonchev–Trinajstić information content (AvgIpc) is 2.66. The molecule has 5 heteroatoms. The number of carbonyl (C=O) groups is 1. The first-order chi connectivity index (χ1) is 7.21. The largest absolute Gasteiger partial charge is 0.354 e. The highest BCUT2D eigenvalue weighted by molar-refractivity contribution is 5.86. The Balaban J connectivity index is 1.72. The Morgan fingerprint density at radius 1 is 1.67 bits per heavy atom. The third-order valence-electron chi connectivity index (χ3n) is 2.93. The van der Waals surface area contributed by atoms with Gasteiger partial charge in [-0.3, -0.25) is 4.79 Å². The number of nitrogens with zero attached hydrogens (tertiary/aromatic N) is 1. The Labute approximate surface area is 88.5 Å². The highest BCUT2D eigenvalue weighted by atomic mass is 16.2. The van der Waals surface area contributed by atoms with Crippen molar-refractivity contribution < 1.29 is 4.79 Å². The fraction of sp³-hybridized carbons (Fsp3) is 0.600. The van der Waals surface area contributed by atoms with Crippen LogP contribution in [0, 0.1) is 0 Å². The highest BCUT2D eigenvalue weighted by Crippen LogP contribution is 2.28. The first kappa shape index (κ1) is 10.2. The van der Waals surface area contributed by atoms with Crippen LogP contribution in [0.15, 0.2) is 12.5 Å². The van der Waals surface area contributed by atoms with E-state index in [1.807, 2.05) is 0 Å². The highest BCUT2D eigenvalue weighted by Gasteiger charge is 2.39. The number of rotatable bonds is 4. The molecule has 0 aromatic carbocycles. The minimum atomic E-state index is -0.589. The summed E-state index contributed by atoms with van der Waals surface area (Å²) in [7, 11) is 0. The topological polar surface area (TPSA) is 83.8 Å². The zero-order chi connectivity index (χ0) is 10.7. The lowest BCUT2D eigenvalue weighted by atomic mass is 9.77. The van der Waals surface area contributed by atoms with E-state index in [9.17, 15) is 4.79 Å². The van der Waals surface area contributed by atoms with Gasteiger partial charge in [-0.25, -0.2) is 4.98 Å². The number of H-pyrrole nitrogens is 1. The van der Waals surface area contributed by atoms with Crippen LogP contribution in [0.1, 0.15) is 25.0 Å². The zero-order valence-corrected chi connectivity index (χ0v) is 8.62. The molecule has 1 saturated carbocycles. The lowest BCUT2D eigenvalue weighted by molar-refractivity contribution is -0.129. The molecular weight excluding hydrogens is 192 g/mol. The smallest absolute Gasteiger partial charge is 0.240 e. The molecule has 1 aliphatic carbocycles. The molecule has 0 bridgehead atoms. The number of aromatic nitrogens is 2. The van der Waals surface area contributed by atoms with E-state index in [1.165, 1.54) is 0 Å². The van der Waals surface area contributed by atoms with Crippen molar-refractivity contribution in [3.05, 3.63) is 18.2 Å². The fourth-order valence-electron chi connectivity index (χ4n) is 1.69. The molecule has 4 N–H and O–H groups in total. The van der Waals surface area contributed by atoms with Gasteiger partial charge in [-0.1, -0.05) is 0 Å². The summed E-state index contributed by atoms with van der Waals surface area (Å²) in [5.41, 5.74) is 6.31. The monoisotopic (exact) mass is 208 g/mol. The van der Waals surface area contributed by atoms with Gasteiger partial charge in [-0.15, -0.1) is 0 Å². The molecule has 15 heavy (non-hydrogen) atoms. The van der Waals surface area contributed by atoms with E-state index in [2.05, 4.69) is 15.3 Å². The molecule has 1 heterocycles. The third kappa shape index (κ3) is 2.18. The number of aromatic amines is 1. The first-order valence-electron chi connectivity index (χ1n) is 5.25. The molecule has 1 amide bonds. The van der Waals surface area contributed by atoms with Crippen LogP contribution in [-0.2, 0) is 11.2 Å². The summed E-state index contributed by atoms with van der Waals surface area (Å²) >= 11 is 0. The Morgan fingerprint density at radius 3 is 3.00 bits per heavy atom. The fourth-order valence-corrected chi connectivity index (χ4v) is 1.69. The Morgan fingerprint density at radius 2 is 2.47 bits per heavy atom. The average molecular weight is 208 g/mol. The molecule has 0 radical (unpaired) electrons. The summed E-state index contributed by atoms with van der Waals surface area (Å²) in [4.78, 5) is 18.5. The van der Waals surface area contributed by atoms with Crippen molar-refractivity contribution in [2.75, 3.05) is 6.54 Å². The van der Waals surface area contributed by atoms with Crippen molar-refractivity contribution in [2.24, 2.45) is 5.73 Å². The van der Waals surface area contributed by atoms with Crippen molar-refractivity contribution in [2.45, 2.75) is 31.2 Å². The van der Waals surface area contributed by atoms with Crippen molar-refractivity contribution in [3.8, 4) is 0 Å². The number of hydrogen-bond acceptors (Lipinski definition) is 3. The number of amides is 1. The van der Waals surface area contributed by atoms with E-state index in [1.54, 1.807) is 12.5 Å². The number of hydrogen-bond donors (Lipinski definition) is 3. The third-order valence-corrected chi connectivity index (χ3v) is 2.93. The summed E-state index contributed by atoms with van der Waals surface area (Å²) in [6.07, 6.45) is 6.83. The predicted octanol–water partition coefficient (Wildman–Crippen LogP) is -0.0502. The zero-order valence-electron chi connectivity index (χ0n) is 8.62. The molecule has 0 saturated heterocycles. The molecule has 0 atom stereocenters. The summed E-state index contributed by atoms with van der Waals surface area (Å²) in [6.45, 7) is 0.611. The predicted molar refractivity (Wildman–Crippen MR) is 56.1 cm³/mol. The van der Waals surface area contributed by atoms with Crippen molar-refractivity contribution in [3.63, 3.8) is 0 Å². The minimum Gasteiger partial charge on any atom is -0.354 e. The summed E-state index contributed by atoms with van der Waals surface area (Å²) in [6, 6.07) is 0. The van der Waals surface area contributed by atoms with Gasteiger partial charge >= 0.3 is 0 Å². The first-order valence-corrected chi connectivity index (χ1v) is 5.25. The summed E-state index contributed by atoms with van der Waals surface area (Å²) in [5, 5.41) is 2.85. The van der Waals surface area contributed by atoms with Gasteiger partial charge in [-0.05, 0) is 19.3 Å². The second-order valence-corrected chi connectivity index (χ2v) is 4.09. The molecule has 0 unspecified atom stereocenters. The normalized spacial score (nSPS) is 18.2. The van der Waals surface area contributed by atoms with Crippen LogP contribution in [0.3, 0.4) is 0 Å². The maximum Gasteiger partial charge on any atom is 0.240 e.